The van der Waals surface area contributed by atoms with Crippen molar-refractivity contribution in [2.24, 2.45) is 0 Å². The molecule has 3 rings (SSSR count). The predicted molar refractivity (Wildman–Crippen MR) is 88.7 cm³/mol. The van der Waals surface area contributed by atoms with Crippen molar-refractivity contribution < 1.29 is 4.92 Å². The van der Waals surface area contributed by atoms with Crippen LogP contribution in [0.5, 0.6) is 0 Å². The summed E-state index contributed by atoms with van der Waals surface area (Å²) in [6.45, 7) is 2.60. The van der Waals surface area contributed by atoms with Gasteiger partial charge in [0, 0.05) is 10.4 Å². The fourth-order valence-electron chi connectivity index (χ4n) is 2.41. The van der Waals surface area contributed by atoms with Gasteiger partial charge in [0.1, 0.15) is 12.4 Å². The van der Waals surface area contributed by atoms with E-state index in [1.165, 1.54) is 10.9 Å². The van der Waals surface area contributed by atoms with Crippen molar-refractivity contribution in [3.05, 3.63) is 58.0 Å². The van der Waals surface area contributed by atoms with Crippen molar-refractivity contribution in [1.82, 2.24) is 14.6 Å². The Morgan fingerprint density at radius 1 is 1.35 bits per heavy atom. The third-order valence-corrected chi connectivity index (χ3v) is 3.63. The number of nitrogens with zero attached hydrogens (tertiary/aromatic N) is 5. The van der Waals surface area contributed by atoms with Crippen LogP contribution in [0.15, 0.2) is 42.9 Å². The summed E-state index contributed by atoms with van der Waals surface area (Å²) < 4.78 is 1.43. The van der Waals surface area contributed by atoms with E-state index in [-0.39, 0.29) is 5.95 Å². The molecule has 7 nitrogen and oxygen atoms in total. The Morgan fingerprint density at radius 3 is 2.91 bits per heavy atom. The molecule has 0 saturated carbocycles. The van der Waals surface area contributed by atoms with Gasteiger partial charge in [-0.25, -0.2) is 5.01 Å². The molecule has 0 N–H and O–H groups in total. The normalized spacial score (nSPS) is 10.9. The molecule has 0 atom stereocenters. The quantitative estimate of drug-likeness (QED) is 0.526. The maximum Gasteiger partial charge on any atom is 0.457 e. The van der Waals surface area contributed by atoms with Gasteiger partial charge < -0.3 is 10.1 Å². The van der Waals surface area contributed by atoms with Crippen LogP contribution in [0.1, 0.15) is 13.3 Å². The van der Waals surface area contributed by atoms with Gasteiger partial charge in [0.25, 0.3) is 0 Å². The van der Waals surface area contributed by atoms with Crippen molar-refractivity contribution in [3.63, 3.8) is 0 Å². The first-order valence-electron chi connectivity index (χ1n) is 7.11. The monoisotopic (exact) mass is 331 g/mol. The van der Waals surface area contributed by atoms with E-state index in [1.807, 2.05) is 19.1 Å². The number of nitro groups is 1. The molecule has 3 aromatic rings. The van der Waals surface area contributed by atoms with E-state index in [4.69, 9.17) is 11.6 Å². The third kappa shape index (κ3) is 2.95. The van der Waals surface area contributed by atoms with Crippen molar-refractivity contribution in [3.8, 4) is 0 Å². The van der Waals surface area contributed by atoms with E-state index in [0.717, 1.165) is 23.0 Å². The Hall–Kier alpha value is -2.67. The predicted octanol–water partition coefficient (Wildman–Crippen LogP) is 3.67. The fourth-order valence-corrected chi connectivity index (χ4v) is 2.57. The van der Waals surface area contributed by atoms with Crippen LogP contribution in [-0.2, 0) is 0 Å². The van der Waals surface area contributed by atoms with Crippen LogP contribution in [0.4, 0.5) is 11.6 Å². The minimum absolute atomic E-state index is 0.227. The van der Waals surface area contributed by atoms with Crippen molar-refractivity contribution >= 4 is 34.1 Å². The Bertz CT molecular complexity index is 864. The number of halogens is 1. The molecule has 2 aromatic heterocycles. The highest BCUT2D eigenvalue weighted by molar-refractivity contribution is 6.31. The zero-order valence-corrected chi connectivity index (χ0v) is 13.1. The summed E-state index contributed by atoms with van der Waals surface area (Å²) in [6, 6.07) is 7.38. The Morgan fingerprint density at radius 2 is 2.17 bits per heavy atom. The second kappa shape index (κ2) is 6.21. The molecular formula is C15H14ClN5O2. The fraction of sp³-hybridized carbons (Fsp3) is 0.200. The molecule has 8 heteroatoms. The molecule has 0 fully saturated rings. The number of anilines is 1. The zero-order chi connectivity index (χ0) is 16.4. The number of rotatable bonds is 5. The van der Waals surface area contributed by atoms with Gasteiger partial charge in [0.15, 0.2) is 0 Å². The smallest absolute Gasteiger partial charge is 0.390 e. The highest BCUT2D eigenvalue weighted by Gasteiger charge is 2.21. The largest absolute Gasteiger partial charge is 0.457 e. The molecular weight excluding hydrogens is 318 g/mol. The van der Waals surface area contributed by atoms with Gasteiger partial charge in [-0.15, -0.1) is 4.68 Å². The number of imidazole rings is 1. The molecule has 0 aliphatic rings. The van der Waals surface area contributed by atoms with Gasteiger partial charge in [0.05, 0.1) is 23.9 Å². The third-order valence-electron chi connectivity index (χ3n) is 3.39. The molecule has 0 radical (unpaired) electrons. The minimum Gasteiger partial charge on any atom is -0.390 e. The van der Waals surface area contributed by atoms with Crippen LogP contribution in [0, 0.1) is 10.1 Å². The van der Waals surface area contributed by atoms with E-state index in [1.54, 1.807) is 29.5 Å². The number of hydrogen-bond acceptors (Lipinski definition) is 5. The van der Waals surface area contributed by atoms with Crippen molar-refractivity contribution in [1.29, 1.82) is 0 Å². The molecule has 0 aliphatic heterocycles. The topological polar surface area (TPSA) is 77.1 Å². The molecule has 0 saturated heterocycles. The molecule has 0 spiro atoms. The maximum atomic E-state index is 11.1. The lowest BCUT2D eigenvalue weighted by atomic mass is 10.2. The zero-order valence-electron chi connectivity index (χ0n) is 12.4. The van der Waals surface area contributed by atoms with Crippen LogP contribution in [-0.4, -0.2) is 26.1 Å². The minimum atomic E-state index is -0.503. The summed E-state index contributed by atoms with van der Waals surface area (Å²) in [5.41, 5.74) is 1.53. The van der Waals surface area contributed by atoms with Gasteiger partial charge in [-0.3, -0.25) is 4.98 Å². The van der Waals surface area contributed by atoms with Crippen LogP contribution in [0.3, 0.4) is 0 Å². The number of benzene rings is 1. The van der Waals surface area contributed by atoms with E-state index in [2.05, 4.69) is 9.97 Å². The summed E-state index contributed by atoms with van der Waals surface area (Å²) >= 11 is 5.97. The number of fused-ring (bicyclic) bond motifs is 1. The number of aromatic nitrogens is 3. The Balaban J connectivity index is 2.09. The molecule has 0 unspecified atom stereocenters. The van der Waals surface area contributed by atoms with Crippen LogP contribution >= 0.6 is 11.6 Å². The van der Waals surface area contributed by atoms with E-state index >= 15 is 0 Å². The van der Waals surface area contributed by atoms with Crippen molar-refractivity contribution in [2.45, 2.75) is 13.3 Å². The summed E-state index contributed by atoms with van der Waals surface area (Å²) in [6.07, 6.45) is 5.47. The van der Waals surface area contributed by atoms with Crippen LogP contribution < -0.4 is 5.01 Å². The van der Waals surface area contributed by atoms with Crippen molar-refractivity contribution in [2.75, 3.05) is 11.6 Å². The van der Waals surface area contributed by atoms with Gasteiger partial charge >= 0.3 is 5.95 Å². The average molecular weight is 332 g/mol. The van der Waals surface area contributed by atoms with Crippen LogP contribution in [0.2, 0.25) is 5.02 Å². The number of pyridine rings is 1. The van der Waals surface area contributed by atoms with Crippen LogP contribution in [0.25, 0.3) is 10.9 Å². The summed E-state index contributed by atoms with van der Waals surface area (Å²) in [4.78, 5) is 18.8. The highest BCUT2D eigenvalue weighted by Crippen LogP contribution is 2.24. The molecule has 1 aromatic carbocycles. The summed E-state index contributed by atoms with van der Waals surface area (Å²) in [5, 5.41) is 14.5. The van der Waals surface area contributed by atoms with Gasteiger partial charge in [-0.05, 0) is 29.5 Å². The molecule has 118 valence electrons. The Labute approximate surface area is 137 Å². The average Bonchev–Trinajstić information content (AvgIpc) is 3.01. The molecule has 0 amide bonds. The first kappa shape index (κ1) is 15.2. The second-order valence-corrected chi connectivity index (χ2v) is 5.42. The standard InChI is InChI=1S/C15H14ClN5O2/c1-2-6-19(20-7-5-17-15(20)21(22)23)13-8-11-3-4-12(16)9-14(11)18-10-13/h3-5,7-10H,2,6H2,1H3. The van der Waals surface area contributed by atoms with Gasteiger partial charge in [-0.2, -0.15) is 0 Å². The van der Waals surface area contributed by atoms with E-state index < -0.39 is 4.92 Å². The van der Waals surface area contributed by atoms with E-state index in [0.29, 0.717) is 11.6 Å². The molecule has 0 aliphatic carbocycles. The molecule has 2 heterocycles. The Kier molecular flexibility index (Phi) is 4.12. The molecule has 23 heavy (non-hydrogen) atoms. The summed E-state index contributed by atoms with van der Waals surface area (Å²) in [7, 11) is 0. The lowest BCUT2D eigenvalue weighted by Crippen LogP contribution is -2.30. The lowest BCUT2D eigenvalue weighted by Gasteiger charge is -2.21. The highest BCUT2D eigenvalue weighted by atomic mass is 35.5. The SMILES string of the molecule is CCCN(c1cnc2cc(Cl)ccc2c1)n1ccnc1[N+](=O)[O-]. The summed E-state index contributed by atoms with van der Waals surface area (Å²) in [5.74, 6) is -0.227. The van der Waals surface area contributed by atoms with Gasteiger partial charge in [-0.1, -0.05) is 29.6 Å². The van der Waals surface area contributed by atoms with Gasteiger partial charge in [0.2, 0.25) is 0 Å². The maximum absolute atomic E-state index is 11.1. The first-order valence-corrected chi connectivity index (χ1v) is 7.49. The second-order valence-electron chi connectivity index (χ2n) is 4.98. The first-order chi connectivity index (χ1) is 11.1. The molecule has 0 bridgehead atoms. The van der Waals surface area contributed by atoms with E-state index in [9.17, 15) is 10.1 Å². The number of hydrogen-bond donors (Lipinski definition) is 0. The lowest BCUT2D eigenvalue weighted by molar-refractivity contribution is -0.396.